The van der Waals surface area contributed by atoms with Crippen LogP contribution in [-0.4, -0.2) is 24.5 Å². The third-order valence-electron chi connectivity index (χ3n) is 8.20. The zero-order valence-electron chi connectivity index (χ0n) is 23.7. The van der Waals surface area contributed by atoms with Gasteiger partial charge in [0.2, 0.25) is 0 Å². The molecule has 2 unspecified atom stereocenters. The molecule has 0 spiro atoms. The van der Waals surface area contributed by atoms with E-state index in [4.69, 9.17) is 0 Å². The van der Waals surface area contributed by atoms with Gasteiger partial charge in [0, 0.05) is 5.54 Å². The predicted molar refractivity (Wildman–Crippen MR) is 151 cm³/mol. The molecule has 0 N–H and O–H groups in total. The summed E-state index contributed by atoms with van der Waals surface area (Å²) >= 11 is 0. The van der Waals surface area contributed by atoms with Crippen molar-refractivity contribution in [3.8, 4) is 0 Å². The molecule has 0 radical (unpaired) electrons. The van der Waals surface area contributed by atoms with Crippen LogP contribution in [0.15, 0.2) is 0 Å². The first-order valence-corrected chi connectivity index (χ1v) is 14.6. The van der Waals surface area contributed by atoms with Gasteiger partial charge in [0.1, 0.15) is 0 Å². The maximum Gasteiger partial charge on any atom is 0.0254 e. The highest BCUT2D eigenvalue weighted by atomic mass is 35.5. The Balaban J connectivity index is 0. The summed E-state index contributed by atoms with van der Waals surface area (Å²) in [6, 6.07) is 0. The van der Waals surface area contributed by atoms with Gasteiger partial charge in [-0.05, 0) is 45.2 Å². The molecule has 2 atom stereocenters. The van der Waals surface area contributed by atoms with Crippen LogP contribution in [0.5, 0.6) is 0 Å². The van der Waals surface area contributed by atoms with E-state index < -0.39 is 0 Å². The molecular formula is C30H64ClN. The van der Waals surface area contributed by atoms with Crippen LogP contribution in [0.1, 0.15) is 163 Å². The Bertz CT molecular complexity index is 350. The lowest BCUT2D eigenvalue weighted by atomic mass is 9.68. The second-order valence-electron chi connectivity index (χ2n) is 11.0. The summed E-state index contributed by atoms with van der Waals surface area (Å²) in [5, 5.41) is 0. The molecule has 0 aromatic rings. The molecule has 196 valence electrons. The van der Waals surface area contributed by atoms with Crippen molar-refractivity contribution in [3.05, 3.63) is 0 Å². The fourth-order valence-corrected chi connectivity index (χ4v) is 6.06. The van der Waals surface area contributed by atoms with Gasteiger partial charge in [0.15, 0.2) is 0 Å². The van der Waals surface area contributed by atoms with Crippen LogP contribution in [0.2, 0.25) is 0 Å². The molecule has 0 heterocycles. The first kappa shape index (κ1) is 34.4. The lowest BCUT2D eigenvalue weighted by Gasteiger charge is -2.50. The van der Waals surface area contributed by atoms with Crippen LogP contribution >= 0.6 is 12.4 Å². The highest BCUT2D eigenvalue weighted by Crippen LogP contribution is 2.41. The molecule has 0 rings (SSSR count). The molecule has 0 saturated carbocycles. The third kappa shape index (κ3) is 14.5. The van der Waals surface area contributed by atoms with E-state index in [1.807, 2.05) is 0 Å². The Morgan fingerprint density at radius 1 is 0.500 bits per heavy atom. The Hall–Kier alpha value is 0.250. The summed E-state index contributed by atoms with van der Waals surface area (Å²) in [6.45, 7) is 12.1. The number of rotatable bonds is 23. The van der Waals surface area contributed by atoms with Crippen LogP contribution < -0.4 is 0 Å². The average Bonchev–Trinajstić information content (AvgIpc) is 2.75. The second-order valence-corrected chi connectivity index (χ2v) is 11.0. The standard InChI is InChI=1S/C30H63N.ClH/c1-8-11-14-17-18-19-20-21-24-27-30(31(6)7,28(4)25-22-15-12-9-2)29(5)26-23-16-13-10-3;/h28-29H,8-27H2,1-7H3;1H. The lowest BCUT2D eigenvalue weighted by molar-refractivity contribution is 0.00960. The fraction of sp³-hybridized carbons (Fsp3) is 1.00. The highest BCUT2D eigenvalue weighted by Gasteiger charge is 2.41. The predicted octanol–water partition coefficient (Wildman–Crippen LogP) is 10.8. The number of nitrogens with zero attached hydrogens (tertiary/aromatic N) is 1. The first-order chi connectivity index (χ1) is 15.0. The highest BCUT2D eigenvalue weighted by molar-refractivity contribution is 5.85. The molecule has 0 bridgehead atoms. The fourth-order valence-electron chi connectivity index (χ4n) is 6.06. The number of hydrogen-bond acceptors (Lipinski definition) is 1. The molecule has 2 heteroatoms. The smallest absolute Gasteiger partial charge is 0.0254 e. The van der Waals surface area contributed by atoms with E-state index in [0.717, 1.165) is 11.8 Å². The van der Waals surface area contributed by atoms with Gasteiger partial charge >= 0.3 is 0 Å². The third-order valence-corrected chi connectivity index (χ3v) is 8.20. The van der Waals surface area contributed by atoms with Crippen molar-refractivity contribution < 1.29 is 0 Å². The summed E-state index contributed by atoms with van der Waals surface area (Å²) in [5.74, 6) is 1.60. The van der Waals surface area contributed by atoms with Crippen molar-refractivity contribution in [1.82, 2.24) is 4.90 Å². The van der Waals surface area contributed by atoms with Crippen molar-refractivity contribution >= 4 is 12.4 Å². The summed E-state index contributed by atoms with van der Waals surface area (Å²) in [7, 11) is 4.78. The van der Waals surface area contributed by atoms with Crippen molar-refractivity contribution in [2.45, 2.75) is 169 Å². The molecule has 0 aromatic carbocycles. The lowest BCUT2D eigenvalue weighted by Crippen LogP contribution is -2.54. The normalized spacial score (nSPS) is 15.4. The Kier molecular flexibility index (Phi) is 24.8. The van der Waals surface area contributed by atoms with Gasteiger partial charge in [0.25, 0.3) is 0 Å². The Morgan fingerprint density at radius 3 is 1.16 bits per heavy atom. The number of unbranched alkanes of at least 4 members (excludes halogenated alkanes) is 14. The largest absolute Gasteiger partial charge is 0.303 e. The molecule has 0 aliphatic heterocycles. The van der Waals surface area contributed by atoms with Crippen molar-refractivity contribution in [1.29, 1.82) is 0 Å². The van der Waals surface area contributed by atoms with E-state index >= 15 is 0 Å². The minimum Gasteiger partial charge on any atom is -0.303 e. The molecule has 32 heavy (non-hydrogen) atoms. The van der Waals surface area contributed by atoms with Gasteiger partial charge in [-0.3, -0.25) is 0 Å². The molecule has 0 aromatic heterocycles. The summed E-state index contributed by atoms with van der Waals surface area (Å²) in [5.41, 5.74) is 0.388. The zero-order chi connectivity index (χ0) is 23.4. The van der Waals surface area contributed by atoms with Gasteiger partial charge in [-0.2, -0.15) is 0 Å². The maximum atomic E-state index is 2.66. The van der Waals surface area contributed by atoms with Crippen LogP contribution in [0, 0.1) is 11.8 Å². The quantitative estimate of drug-likeness (QED) is 0.133. The van der Waals surface area contributed by atoms with Crippen LogP contribution in [-0.2, 0) is 0 Å². The molecular weight excluding hydrogens is 410 g/mol. The molecule has 0 aliphatic carbocycles. The minimum absolute atomic E-state index is 0. The van der Waals surface area contributed by atoms with E-state index in [-0.39, 0.29) is 12.4 Å². The number of hydrogen-bond donors (Lipinski definition) is 0. The van der Waals surface area contributed by atoms with E-state index in [0.29, 0.717) is 5.54 Å². The Labute approximate surface area is 211 Å². The molecule has 0 amide bonds. The SMILES string of the molecule is CCCCCCCCCCCC(C(C)CCCCCC)(C(C)CCCCCC)N(C)C.Cl. The van der Waals surface area contributed by atoms with Gasteiger partial charge in [-0.25, -0.2) is 0 Å². The van der Waals surface area contributed by atoms with E-state index in [1.54, 1.807) is 0 Å². The molecule has 0 saturated heterocycles. The van der Waals surface area contributed by atoms with Gasteiger partial charge < -0.3 is 4.90 Å². The van der Waals surface area contributed by atoms with Crippen LogP contribution in [0.25, 0.3) is 0 Å². The topological polar surface area (TPSA) is 3.24 Å². The minimum atomic E-state index is 0. The van der Waals surface area contributed by atoms with Crippen molar-refractivity contribution in [2.24, 2.45) is 11.8 Å². The van der Waals surface area contributed by atoms with Crippen molar-refractivity contribution in [2.75, 3.05) is 14.1 Å². The summed E-state index contributed by atoms with van der Waals surface area (Å²) in [4.78, 5) is 2.66. The van der Waals surface area contributed by atoms with Gasteiger partial charge in [-0.1, -0.05) is 144 Å². The zero-order valence-corrected chi connectivity index (χ0v) is 24.5. The number of halogens is 1. The second kappa shape index (κ2) is 23.0. The van der Waals surface area contributed by atoms with Gasteiger partial charge in [0.05, 0.1) is 0 Å². The molecule has 0 aliphatic rings. The van der Waals surface area contributed by atoms with Crippen LogP contribution in [0.4, 0.5) is 0 Å². The Morgan fingerprint density at radius 2 is 0.812 bits per heavy atom. The molecule has 0 fully saturated rings. The maximum absolute atomic E-state index is 2.66. The van der Waals surface area contributed by atoms with E-state index in [1.165, 1.54) is 128 Å². The average molecular weight is 474 g/mol. The summed E-state index contributed by atoms with van der Waals surface area (Å²) in [6.07, 6.45) is 28.4. The van der Waals surface area contributed by atoms with Crippen LogP contribution in [0.3, 0.4) is 0 Å². The molecule has 1 nitrogen and oxygen atoms in total. The van der Waals surface area contributed by atoms with Gasteiger partial charge in [-0.15, -0.1) is 12.4 Å². The van der Waals surface area contributed by atoms with E-state index in [9.17, 15) is 0 Å². The van der Waals surface area contributed by atoms with Crippen molar-refractivity contribution in [3.63, 3.8) is 0 Å². The summed E-state index contributed by atoms with van der Waals surface area (Å²) < 4.78 is 0. The monoisotopic (exact) mass is 473 g/mol. The van der Waals surface area contributed by atoms with E-state index in [2.05, 4.69) is 53.6 Å². The first-order valence-electron chi connectivity index (χ1n) is 14.6.